The third-order valence-electron chi connectivity index (χ3n) is 2.97. The number of benzene rings is 1. The van der Waals surface area contributed by atoms with Crippen molar-refractivity contribution < 1.29 is 14.3 Å². The van der Waals surface area contributed by atoms with Crippen LogP contribution < -0.4 is 5.32 Å². The molecule has 1 aliphatic rings. The van der Waals surface area contributed by atoms with Crippen LogP contribution in [0.25, 0.3) is 0 Å². The summed E-state index contributed by atoms with van der Waals surface area (Å²) in [5.74, 6) is -0.263. The minimum absolute atomic E-state index is 0.263. The number of hydrogen-bond acceptors (Lipinski definition) is 4. The van der Waals surface area contributed by atoms with Crippen molar-refractivity contribution in [1.29, 1.82) is 0 Å². The molecule has 1 aromatic carbocycles. The van der Waals surface area contributed by atoms with Crippen LogP contribution in [0.4, 0.5) is 5.69 Å². The van der Waals surface area contributed by atoms with Crippen LogP contribution in [0, 0.1) is 0 Å². The van der Waals surface area contributed by atoms with E-state index in [0.717, 1.165) is 18.5 Å². The summed E-state index contributed by atoms with van der Waals surface area (Å²) >= 11 is 0. The normalized spacial score (nSPS) is 24.1. The van der Waals surface area contributed by atoms with Crippen molar-refractivity contribution in [2.75, 3.05) is 25.6 Å². The summed E-state index contributed by atoms with van der Waals surface area (Å²) in [6.07, 6.45) is 1.59. The van der Waals surface area contributed by atoms with Crippen LogP contribution in [0.1, 0.15) is 12.8 Å². The van der Waals surface area contributed by atoms with E-state index in [1.165, 1.54) is 7.11 Å². The molecular weight excluding hydrogens is 218 g/mol. The highest BCUT2D eigenvalue weighted by Crippen LogP contribution is 2.25. The SMILES string of the molecule is COC(=O)C1(Nc2ccccc2)CCCOC1. The third-order valence-corrected chi connectivity index (χ3v) is 2.97. The molecule has 17 heavy (non-hydrogen) atoms. The van der Waals surface area contributed by atoms with Gasteiger partial charge in [0.15, 0.2) is 5.54 Å². The largest absolute Gasteiger partial charge is 0.467 e. The second-order valence-electron chi connectivity index (χ2n) is 4.22. The highest BCUT2D eigenvalue weighted by molar-refractivity contribution is 5.84. The molecule has 92 valence electrons. The molecular formula is C13H17NO3. The van der Waals surface area contributed by atoms with Gasteiger partial charge in [0, 0.05) is 12.3 Å². The van der Waals surface area contributed by atoms with Crippen LogP contribution in [0.15, 0.2) is 30.3 Å². The number of carbonyl (C=O) groups excluding carboxylic acids is 1. The first-order valence-corrected chi connectivity index (χ1v) is 5.76. The van der Waals surface area contributed by atoms with Crippen molar-refractivity contribution >= 4 is 11.7 Å². The lowest BCUT2D eigenvalue weighted by atomic mass is 9.92. The van der Waals surface area contributed by atoms with Gasteiger partial charge in [0.05, 0.1) is 13.7 Å². The van der Waals surface area contributed by atoms with E-state index in [2.05, 4.69) is 5.32 Å². The first kappa shape index (κ1) is 11.9. The van der Waals surface area contributed by atoms with Gasteiger partial charge in [0.1, 0.15) is 0 Å². The quantitative estimate of drug-likeness (QED) is 0.812. The molecule has 1 atom stereocenters. The Morgan fingerprint density at radius 3 is 2.76 bits per heavy atom. The third kappa shape index (κ3) is 2.58. The topological polar surface area (TPSA) is 47.6 Å². The molecule has 1 fully saturated rings. The number of rotatable bonds is 3. The Hall–Kier alpha value is -1.55. The Kier molecular flexibility index (Phi) is 3.64. The second-order valence-corrected chi connectivity index (χ2v) is 4.22. The highest BCUT2D eigenvalue weighted by Gasteiger charge is 2.41. The number of esters is 1. The molecule has 1 heterocycles. The van der Waals surface area contributed by atoms with Crippen LogP contribution in [0.3, 0.4) is 0 Å². The zero-order valence-electron chi connectivity index (χ0n) is 9.94. The fourth-order valence-corrected chi connectivity index (χ4v) is 2.10. The molecule has 0 bridgehead atoms. The van der Waals surface area contributed by atoms with Gasteiger partial charge < -0.3 is 14.8 Å². The lowest BCUT2D eigenvalue weighted by Gasteiger charge is -2.35. The number of nitrogens with one attached hydrogen (secondary N) is 1. The van der Waals surface area contributed by atoms with Crippen molar-refractivity contribution in [3.63, 3.8) is 0 Å². The Labute approximate surface area is 101 Å². The lowest BCUT2D eigenvalue weighted by Crippen LogP contribution is -2.53. The average Bonchev–Trinajstić information content (AvgIpc) is 2.40. The Bertz CT molecular complexity index is 372. The number of para-hydroxylation sites is 1. The summed E-state index contributed by atoms with van der Waals surface area (Å²) in [6, 6.07) is 9.65. The minimum Gasteiger partial charge on any atom is -0.467 e. The van der Waals surface area contributed by atoms with Crippen LogP contribution in [0.5, 0.6) is 0 Å². The summed E-state index contributed by atoms with van der Waals surface area (Å²) < 4.78 is 10.3. The number of ether oxygens (including phenoxy) is 2. The molecule has 4 heteroatoms. The minimum atomic E-state index is -0.742. The van der Waals surface area contributed by atoms with Gasteiger partial charge in [-0.25, -0.2) is 4.79 Å². The molecule has 2 rings (SSSR count). The molecule has 0 radical (unpaired) electrons. The van der Waals surface area contributed by atoms with Gasteiger partial charge in [-0.15, -0.1) is 0 Å². The highest BCUT2D eigenvalue weighted by atomic mass is 16.5. The van der Waals surface area contributed by atoms with Gasteiger partial charge in [-0.05, 0) is 25.0 Å². The first-order valence-electron chi connectivity index (χ1n) is 5.76. The van der Waals surface area contributed by atoms with E-state index in [4.69, 9.17) is 9.47 Å². The molecule has 0 amide bonds. The summed E-state index contributed by atoms with van der Waals surface area (Å²) in [6.45, 7) is 1.06. The summed E-state index contributed by atoms with van der Waals surface area (Å²) in [5, 5.41) is 3.25. The second kappa shape index (κ2) is 5.19. The molecule has 1 aliphatic heterocycles. The summed E-state index contributed by atoms with van der Waals surface area (Å²) in [7, 11) is 1.41. The maximum atomic E-state index is 11.9. The van der Waals surface area contributed by atoms with Crippen LogP contribution in [0.2, 0.25) is 0 Å². The number of hydrogen-bond donors (Lipinski definition) is 1. The maximum absolute atomic E-state index is 11.9. The van der Waals surface area contributed by atoms with Gasteiger partial charge in [-0.1, -0.05) is 18.2 Å². The number of methoxy groups -OCH3 is 1. The van der Waals surface area contributed by atoms with Crippen LogP contribution >= 0.6 is 0 Å². The lowest BCUT2D eigenvalue weighted by molar-refractivity contribution is -0.150. The monoisotopic (exact) mass is 235 g/mol. The first-order chi connectivity index (χ1) is 8.27. The van der Waals surface area contributed by atoms with Gasteiger partial charge >= 0.3 is 5.97 Å². The van der Waals surface area contributed by atoms with Gasteiger partial charge in [-0.2, -0.15) is 0 Å². The Morgan fingerprint density at radius 1 is 1.41 bits per heavy atom. The van der Waals surface area contributed by atoms with E-state index in [0.29, 0.717) is 13.2 Å². The van der Waals surface area contributed by atoms with E-state index in [-0.39, 0.29) is 5.97 Å². The van der Waals surface area contributed by atoms with Crippen molar-refractivity contribution in [2.45, 2.75) is 18.4 Å². The molecule has 0 saturated carbocycles. The van der Waals surface area contributed by atoms with E-state index in [1.807, 2.05) is 30.3 Å². The zero-order chi connectivity index (χ0) is 12.1. The van der Waals surface area contributed by atoms with Gasteiger partial charge in [0.2, 0.25) is 0 Å². The average molecular weight is 235 g/mol. The van der Waals surface area contributed by atoms with E-state index < -0.39 is 5.54 Å². The van der Waals surface area contributed by atoms with Crippen molar-refractivity contribution in [1.82, 2.24) is 0 Å². The van der Waals surface area contributed by atoms with E-state index >= 15 is 0 Å². The van der Waals surface area contributed by atoms with Crippen molar-refractivity contribution in [3.05, 3.63) is 30.3 Å². The molecule has 0 spiro atoms. The molecule has 1 unspecified atom stereocenters. The summed E-state index contributed by atoms with van der Waals surface area (Å²) in [5.41, 5.74) is 0.164. The van der Waals surface area contributed by atoms with E-state index in [1.54, 1.807) is 0 Å². The molecule has 1 N–H and O–H groups in total. The van der Waals surface area contributed by atoms with Crippen LogP contribution in [-0.4, -0.2) is 31.8 Å². The molecule has 4 nitrogen and oxygen atoms in total. The van der Waals surface area contributed by atoms with Crippen LogP contribution in [-0.2, 0) is 14.3 Å². The predicted molar refractivity (Wildman–Crippen MR) is 64.9 cm³/mol. The molecule has 1 saturated heterocycles. The van der Waals surface area contributed by atoms with E-state index in [9.17, 15) is 4.79 Å². The molecule has 0 aromatic heterocycles. The standard InChI is InChI=1S/C13H17NO3/c1-16-12(15)13(8-5-9-17-10-13)14-11-6-3-2-4-7-11/h2-4,6-7,14H,5,8-10H2,1H3. The Balaban J connectivity index is 2.19. The number of anilines is 1. The zero-order valence-corrected chi connectivity index (χ0v) is 9.94. The fraction of sp³-hybridized carbons (Fsp3) is 0.462. The molecule has 0 aliphatic carbocycles. The maximum Gasteiger partial charge on any atom is 0.333 e. The Morgan fingerprint density at radius 2 is 2.18 bits per heavy atom. The smallest absolute Gasteiger partial charge is 0.333 e. The van der Waals surface area contributed by atoms with Gasteiger partial charge in [0.25, 0.3) is 0 Å². The van der Waals surface area contributed by atoms with Gasteiger partial charge in [-0.3, -0.25) is 0 Å². The number of carbonyl (C=O) groups is 1. The van der Waals surface area contributed by atoms with Crippen molar-refractivity contribution in [3.8, 4) is 0 Å². The molecule has 1 aromatic rings. The van der Waals surface area contributed by atoms with Crippen molar-refractivity contribution in [2.24, 2.45) is 0 Å². The summed E-state index contributed by atoms with van der Waals surface area (Å²) in [4.78, 5) is 11.9. The fourth-order valence-electron chi connectivity index (χ4n) is 2.10. The predicted octanol–water partition coefficient (Wildman–Crippen LogP) is 1.82.